The van der Waals surface area contributed by atoms with Crippen LogP contribution in [0.3, 0.4) is 0 Å². The molecule has 0 bridgehead atoms. The van der Waals surface area contributed by atoms with Gasteiger partial charge in [0.15, 0.2) is 11.5 Å². The van der Waals surface area contributed by atoms with Crippen molar-refractivity contribution >= 4 is 17.5 Å². The van der Waals surface area contributed by atoms with E-state index in [2.05, 4.69) is 9.97 Å². The maximum Gasteiger partial charge on any atom is 0.356 e. The first-order valence-electron chi connectivity index (χ1n) is 4.94. The number of hydrogen-bond donors (Lipinski definition) is 3. The van der Waals surface area contributed by atoms with Gasteiger partial charge in [0.2, 0.25) is 0 Å². The van der Waals surface area contributed by atoms with E-state index in [0.717, 1.165) is 6.33 Å². The Kier molecular flexibility index (Phi) is 4.18. The molecule has 17 heavy (non-hydrogen) atoms. The molecule has 0 radical (unpaired) electrons. The Balaban J connectivity index is 2.90. The van der Waals surface area contributed by atoms with Crippen molar-refractivity contribution in [3.05, 3.63) is 12.0 Å². The Morgan fingerprint density at radius 3 is 2.59 bits per heavy atom. The second kappa shape index (κ2) is 5.41. The highest BCUT2D eigenvalue weighted by molar-refractivity contribution is 5.94. The summed E-state index contributed by atoms with van der Waals surface area (Å²) in [5, 5.41) is 10.2. The Labute approximate surface area is 98.8 Å². The van der Waals surface area contributed by atoms with E-state index < -0.39 is 5.97 Å². The summed E-state index contributed by atoms with van der Waals surface area (Å²) < 4.78 is 0. The molecular formula is C9H16N6O2. The second-order valence-electron chi connectivity index (χ2n) is 3.76. The van der Waals surface area contributed by atoms with Crippen LogP contribution in [-0.4, -0.2) is 53.1 Å². The Bertz CT molecular complexity index is 408. The van der Waals surface area contributed by atoms with Crippen LogP contribution in [0.1, 0.15) is 10.5 Å². The lowest BCUT2D eigenvalue weighted by Gasteiger charge is -2.21. The zero-order valence-electron chi connectivity index (χ0n) is 9.79. The molecule has 0 saturated carbocycles. The van der Waals surface area contributed by atoms with Gasteiger partial charge in [0.25, 0.3) is 0 Å². The molecule has 0 aliphatic carbocycles. The van der Waals surface area contributed by atoms with Gasteiger partial charge in [0, 0.05) is 13.1 Å². The van der Waals surface area contributed by atoms with Crippen LogP contribution in [-0.2, 0) is 0 Å². The predicted octanol–water partition coefficient (Wildman–Crippen LogP) is -1.00. The van der Waals surface area contributed by atoms with Crippen molar-refractivity contribution in [2.45, 2.75) is 0 Å². The van der Waals surface area contributed by atoms with Crippen molar-refractivity contribution in [2.24, 2.45) is 5.84 Å². The smallest absolute Gasteiger partial charge is 0.356 e. The molecule has 8 heteroatoms. The van der Waals surface area contributed by atoms with E-state index in [0.29, 0.717) is 13.1 Å². The minimum Gasteiger partial charge on any atom is -0.476 e. The lowest BCUT2D eigenvalue weighted by Crippen LogP contribution is -2.38. The molecule has 0 unspecified atom stereocenters. The molecule has 8 nitrogen and oxygen atoms in total. The maximum atomic E-state index is 10.8. The zero-order chi connectivity index (χ0) is 13.0. The summed E-state index contributed by atoms with van der Waals surface area (Å²) in [4.78, 5) is 20.2. The molecule has 0 aliphatic rings. The van der Waals surface area contributed by atoms with E-state index >= 15 is 0 Å². The van der Waals surface area contributed by atoms with Crippen molar-refractivity contribution in [1.29, 1.82) is 0 Å². The molecule has 0 aliphatic heterocycles. The third-order valence-electron chi connectivity index (χ3n) is 2.13. The van der Waals surface area contributed by atoms with E-state index in [1.807, 2.05) is 19.0 Å². The minimum absolute atomic E-state index is 0.0266. The molecular weight excluding hydrogens is 224 g/mol. The van der Waals surface area contributed by atoms with Gasteiger partial charge in [-0.05, 0) is 14.1 Å². The summed E-state index contributed by atoms with van der Waals surface area (Å²) in [5.74, 6) is 4.78. The molecule has 0 atom stereocenters. The zero-order valence-corrected chi connectivity index (χ0v) is 9.79. The number of aromatic carboxylic acids is 1. The summed E-state index contributed by atoms with van der Waals surface area (Å²) in [6, 6.07) is 0. The van der Waals surface area contributed by atoms with Crippen LogP contribution < -0.4 is 16.6 Å². The minimum atomic E-state index is -1.20. The van der Waals surface area contributed by atoms with E-state index in [4.69, 9.17) is 16.7 Å². The second-order valence-corrected chi connectivity index (χ2v) is 3.76. The van der Waals surface area contributed by atoms with Gasteiger partial charge in [-0.25, -0.2) is 20.6 Å². The van der Waals surface area contributed by atoms with Gasteiger partial charge in [0.1, 0.15) is 12.0 Å². The monoisotopic (exact) mass is 240 g/mol. The van der Waals surface area contributed by atoms with Crippen molar-refractivity contribution in [1.82, 2.24) is 14.9 Å². The topological polar surface area (TPSA) is 122 Å². The average Bonchev–Trinajstić information content (AvgIpc) is 2.25. The Morgan fingerprint density at radius 2 is 2.06 bits per heavy atom. The van der Waals surface area contributed by atoms with Gasteiger partial charge < -0.3 is 15.7 Å². The highest BCUT2D eigenvalue weighted by Gasteiger charge is 2.16. The molecule has 5 N–H and O–H groups in total. The van der Waals surface area contributed by atoms with Gasteiger partial charge >= 0.3 is 5.97 Å². The number of hydrazine groups is 1. The molecule has 1 rings (SSSR count). The Hall–Kier alpha value is -1.93. The molecule has 1 aromatic heterocycles. The summed E-state index contributed by atoms with van der Waals surface area (Å²) in [6.07, 6.45) is 1.13. The highest BCUT2D eigenvalue weighted by Crippen LogP contribution is 2.19. The normalized spacial score (nSPS) is 10.6. The number of anilines is 2. The first kappa shape index (κ1) is 13.1. The van der Waals surface area contributed by atoms with E-state index in [-0.39, 0.29) is 17.2 Å². The first-order chi connectivity index (χ1) is 7.93. The molecule has 0 aromatic carbocycles. The van der Waals surface area contributed by atoms with Crippen LogP contribution in [0, 0.1) is 0 Å². The SMILES string of the molecule is CN(C)CCN(N)c1ncnc(C(=O)O)c1N. The average molecular weight is 240 g/mol. The number of carbonyl (C=O) groups is 1. The maximum absolute atomic E-state index is 10.8. The number of nitrogens with two attached hydrogens (primary N) is 2. The number of likely N-dealkylation sites (N-methyl/N-ethyl adjacent to an activating group) is 1. The van der Waals surface area contributed by atoms with Crippen molar-refractivity contribution < 1.29 is 9.90 Å². The molecule has 0 fully saturated rings. The number of carboxylic acids is 1. The van der Waals surface area contributed by atoms with Gasteiger partial charge in [-0.1, -0.05) is 0 Å². The van der Waals surface area contributed by atoms with Crippen molar-refractivity contribution in [3.63, 3.8) is 0 Å². The van der Waals surface area contributed by atoms with Crippen LogP contribution in [0.4, 0.5) is 11.5 Å². The fourth-order valence-corrected chi connectivity index (χ4v) is 1.20. The third kappa shape index (κ3) is 3.26. The number of hydrogen-bond acceptors (Lipinski definition) is 7. The van der Waals surface area contributed by atoms with Crippen molar-refractivity contribution in [3.8, 4) is 0 Å². The van der Waals surface area contributed by atoms with E-state index in [1.165, 1.54) is 5.01 Å². The van der Waals surface area contributed by atoms with Crippen LogP contribution >= 0.6 is 0 Å². The fourth-order valence-electron chi connectivity index (χ4n) is 1.20. The third-order valence-corrected chi connectivity index (χ3v) is 2.13. The fraction of sp³-hybridized carbons (Fsp3) is 0.444. The predicted molar refractivity (Wildman–Crippen MR) is 63.5 cm³/mol. The molecule has 94 valence electrons. The summed E-state index contributed by atoms with van der Waals surface area (Å²) >= 11 is 0. The standard InChI is InChI=1S/C9H16N6O2/c1-14(2)3-4-15(11)8-6(10)7(9(16)17)12-5-13-8/h5H,3-4,10-11H2,1-2H3,(H,16,17). The number of rotatable bonds is 5. The number of nitrogen functional groups attached to an aromatic ring is 1. The largest absolute Gasteiger partial charge is 0.476 e. The van der Waals surface area contributed by atoms with Gasteiger partial charge in [-0.3, -0.25) is 5.01 Å². The molecule has 0 amide bonds. The lowest BCUT2D eigenvalue weighted by molar-refractivity contribution is 0.0691. The molecule has 1 aromatic rings. The molecule has 0 spiro atoms. The summed E-state index contributed by atoms with van der Waals surface area (Å²) in [6.45, 7) is 1.18. The van der Waals surface area contributed by atoms with Crippen LogP contribution in [0.2, 0.25) is 0 Å². The van der Waals surface area contributed by atoms with Gasteiger partial charge in [0.05, 0.1) is 0 Å². The number of carboxylic acid groups (broad SMARTS) is 1. The quantitative estimate of drug-likeness (QED) is 0.442. The number of aromatic nitrogens is 2. The highest BCUT2D eigenvalue weighted by atomic mass is 16.4. The van der Waals surface area contributed by atoms with Crippen LogP contribution in [0.15, 0.2) is 6.33 Å². The molecule has 0 saturated heterocycles. The lowest BCUT2D eigenvalue weighted by atomic mass is 10.3. The molecule has 1 heterocycles. The van der Waals surface area contributed by atoms with E-state index in [1.54, 1.807) is 0 Å². The van der Waals surface area contributed by atoms with E-state index in [9.17, 15) is 4.79 Å². The van der Waals surface area contributed by atoms with Crippen LogP contribution in [0.25, 0.3) is 0 Å². The van der Waals surface area contributed by atoms with Gasteiger partial charge in [-0.15, -0.1) is 0 Å². The van der Waals surface area contributed by atoms with Crippen LogP contribution in [0.5, 0.6) is 0 Å². The van der Waals surface area contributed by atoms with Gasteiger partial charge in [-0.2, -0.15) is 0 Å². The first-order valence-corrected chi connectivity index (χ1v) is 4.94. The summed E-state index contributed by atoms with van der Waals surface area (Å²) in [5.41, 5.74) is 5.38. The van der Waals surface area contributed by atoms with Crippen molar-refractivity contribution in [2.75, 3.05) is 37.9 Å². The number of nitrogens with zero attached hydrogens (tertiary/aromatic N) is 4. The Morgan fingerprint density at radius 1 is 1.41 bits per heavy atom. The summed E-state index contributed by atoms with van der Waals surface area (Å²) in [7, 11) is 3.81.